The van der Waals surface area contributed by atoms with Crippen LogP contribution < -0.4 is 25.0 Å². The van der Waals surface area contributed by atoms with Crippen molar-refractivity contribution >= 4 is 29.1 Å². The van der Waals surface area contributed by atoms with Crippen LogP contribution in [-0.4, -0.2) is 38.5 Å². The Kier molecular flexibility index (Phi) is 7.30. The van der Waals surface area contributed by atoms with Crippen LogP contribution in [0.5, 0.6) is 11.5 Å². The second kappa shape index (κ2) is 10.7. The fraction of sp³-hybridized carbons (Fsp3) is 0.222. The molecular weight excluding hydrogens is 446 g/mol. The highest BCUT2D eigenvalue weighted by Gasteiger charge is 2.36. The normalized spacial score (nSPS) is 15.0. The Balaban J connectivity index is 1.44. The Labute approximate surface area is 203 Å². The maximum atomic E-state index is 13.1. The lowest BCUT2D eigenvalue weighted by molar-refractivity contribution is -0.122. The molecule has 1 heterocycles. The largest absolute Gasteiger partial charge is 0.497 e. The fourth-order valence-corrected chi connectivity index (χ4v) is 4.02. The number of methoxy groups -OCH3 is 2. The van der Waals surface area contributed by atoms with Crippen molar-refractivity contribution in [2.45, 2.75) is 13.0 Å². The maximum Gasteiger partial charge on any atom is 0.253 e. The molecule has 35 heavy (non-hydrogen) atoms. The first-order valence-electron chi connectivity index (χ1n) is 11.2. The van der Waals surface area contributed by atoms with E-state index >= 15 is 0 Å². The summed E-state index contributed by atoms with van der Waals surface area (Å²) in [6, 6.07) is 21.6. The number of rotatable bonds is 8. The van der Waals surface area contributed by atoms with Gasteiger partial charge in [0, 0.05) is 25.6 Å². The molecule has 2 N–H and O–H groups in total. The van der Waals surface area contributed by atoms with E-state index in [1.807, 2.05) is 30.3 Å². The first kappa shape index (κ1) is 23.8. The summed E-state index contributed by atoms with van der Waals surface area (Å²) in [6.45, 7) is 0.577. The smallest absolute Gasteiger partial charge is 0.253 e. The van der Waals surface area contributed by atoms with E-state index in [2.05, 4.69) is 10.6 Å². The molecular formula is C27H27N3O5. The Morgan fingerprint density at radius 2 is 1.71 bits per heavy atom. The summed E-state index contributed by atoms with van der Waals surface area (Å²) >= 11 is 0. The summed E-state index contributed by atoms with van der Waals surface area (Å²) in [5.74, 6) is -0.279. The van der Waals surface area contributed by atoms with Gasteiger partial charge in [-0.25, -0.2) is 0 Å². The van der Waals surface area contributed by atoms with Crippen molar-refractivity contribution in [1.82, 2.24) is 5.32 Å². The summed E-state index contributed by atoms with van der Waals surface area (Å²) in [5, 5.41) is 5.72. The van der Waals surface area contributed by atoms with Crippen LogP contribution in [-0.2, 0) is 16.1 Å². The number of para-hydroxylation sites is 1. The quantitative estimate of drug-likeness (QED) is 0.521. The van der Waals surface area contributed by atoms with Crippen LogP contribution in [0.25, 0.3) is 0 Å². The zero-order valence-corrected chi connectivity index (χ0v) is 19.6. The van der Waals surface area contributed by atoms with E-state index in [-0.39, 0.29) is 30.7 Å². The number of hydrogen-bond donors (Lipinski definition) is 2. The zero-order chi connectivity index (χ0) is 24.8. The van der Waals surface area contributed by atoms with Crippen molar-refractivity contribution < 1.29 is 23.9 Å². The van der Waals surface area contributed by atoms with E-state index < -0.39 is 5.92 Å². The van der Waals surface area contributed by atoms with Crippen LogP contribution in [0.1, 0.15) is 22.3 Å². The molecule has 1 atom stereocenters. The number of benzene rings is 3. The first-order valence-corrected chi connectivity index (χ1v) is 11.2. The number of amides is 3. The van der Waals surface area contributed by atoms with Gasteiger partial charge in [-0.3, -0.25) is 14.4 Å². The standard InChI is InChI=1S/C27H27N3O5/c1-34-20-12-13-23(24(15-20)35-2)30-17-19(14-25(30)31)26(32)29-22-11-7-6-10-21(22)27(33)28-16-18-8-4-3-5-9-18/h3-13,15,19H,14,16-17H2,1-2H3,(H,28,33)(H,29,32)/t19-/m1/s1. The lowest BCUT2D eigenvalue weighted by Gasteiger charge is -2.20. The molecule has 0 unspecified atom stereocenters. The molecule has 8 heteroatoms. The zero-order valence-electron chi connectivity index (χ0n) is 19.6. The van der Waals surface area contributed by atoms with Crippen LogP contribution >= 0.6 is 0 Å². The molecule has 8 nitrogen and oxygen atoms in total. The number of ether oxygens (including phenoxy) is 2. The van der Waals surface area contributed by atoms with E-state index in [4.69, 9.17) is 9.47 Å². The highest BCUT2D eigenvalue weighted by molar-refractivity contribution is 6.07. The van der Waals surface area contributed by atoms with E-state index in [9.17, 15) is 14.4 Å². The van der Waals surface area contributed by atoms with Gasteiger partial charge >= 0.3 is 0 Å². The highest BCUT2D eigenvalue weighted by Crippen LogP contribution is 2.36. The predicted molar refractivity (Wildman–Crippen MR) is 133 cm³/mol. The minimum absolute atomic E-state index is 0.0589. The van der Waals surface area contributed by atoms with E-state index in [1.54, 1.807) is 54.5 Å². The minimum atomic E-state index is -0.574. The molecule has 180 valence electrons. The third kappa shape index (κ3) is 5.43. The molecule has 3 amide bonds. The summed E-state index contributed by atoms with van der Waals surface area (Å²) in [5.41, 5.74) is 2.31. The van der Waals surface area contributed by atoms with Crippen molar-refractivity contribution in [2.75, 3.05) is 31.0 Å². The van der Waals surface area contributed by atoms with E-state index in [0.717, 1.165) is 5.56 Å². The summed E-state index contributed by atoms with van der Waals surface area (Å²) < 4.78 is 10.6. The van der Waals surface area contributed by atoms with Crippen molar-refractivity contribution in [3.8, 4) is 11.5 Å². The van der Waals surface area contributed by atoms with Crippen molar-refractivity contribution in [3.63, 3.8) is 0 Å². The molecule has 0 bridgehead atoms. The van der Waals surface area contributed by atoms with Crippen molar-refractivity contribution in [2.24, 2.45) is 5.92 Å². The predicted octanol–water partition coefficient (Wildman–Crippen LogP) is 3.63. The first-order chi connectivity index (χ1) is 17.0. The highest BCUT2D eigenvalue weighted by atomic mass is 16.5. The lowest BCUT2D eigenvalue weighted by Crippen LogP contribution is -2.29. The number of nitrogens with zero attached hydrogens (tertiary/aromatic N) is 1. The van der Waals surface area contributed by atoms with E-state index in [1.165, 1.54) is 7.11 Å². The Morgan fingerprint density at radius 1 is 0.971 bits per heavy atom. The minimum Gasteiger partial charge on any atom is -0.497 e. The van der Waals surface area contributed by atoms with Gasteiger partial charge in [0.2, 0.25) is 11.8 Å². The topological polar surface area (TPSA) is 97.0 Å². The van der Waals surface area contributed by atoms with Gasteiger partial charge in [0.25, 0.3) is 5.91 Å². The molecule has 3 aromatic rings. The third-order valence-electron chi connectivity index (χ3n) is 5.90. The number of carbonyl (C=O) groups excluding carboxylic acids is 3. The van der Waals surface area contributed by atoms with Crippen molar-refractivity contribution in [1.29, 1.82) is 0 Å². The van der Waals surface area contributed by atoms with Crippen LogP contribution in [0.3, 0.4) is 0 Å². The Morgan fingerprint density at radius 3 is 2.46 bits per heavy atom. The Bertz CT molecular complexity index is 1230. The second-order valence-electron chi connectivity index (χ2n) is 8.15. The van der Waals surface area contributed by atoms with Gasteiger partial charge in [0.1, 0.15) is 11.5 Å². The molecule has 4 rings (SSSR count). The van der Waals surface area contributed by atoms with Gasteiger partial charge < -0.3 is 25.0 Å². The number of hydrogen-bond acceptors (Lipinski definition) is 5. The van der Waals surface area contributed by atoms with Crippen LogP contribution in [0.4, 0.5) is 11.4 Å². The molecule has 1 saturated heterocycles. The van der Waals surface area contributed by atoms with Crippen LogP contribution in [0.15, 0.2) is 72.8 Å². The second-order valence-corrected chi connectivity index (χ2v) is 8.15. The number of nitrogens with one attached hydrogen (secondary N) is 2. The summed E-state index contributed by atoms with van der Waals surface area (Å²) in [7, 11) is 3.07. The van der Waals surface area contributed by atoms with Crippen LogP contribution in [0, 0.1) is 5.92 Å². The van der Waals surface area contributed by atoms with E-state index in [0.29, 0.717) is 35.0 Å². The molecule has 0 radical (unpaired) electrons. The SMILES string of the molecule is COc1ccc(N2C[C@H](C(=O)Nc3ccccc3C(=O)NCc3ccccc3)CC2=O)c(OC)c1. The van der Waals surface area contributed by atoms with Gasteiger partial charge in [-0.15, -0.1) is 0 Å². The van der Waals surface area contributed by atoms with Crippen LogP contribution in [0.2, 0.25) is 0 Å². The molecule has 0 saturated carbocycles. The summed E-state index contributed by atoms with van der Waals surface area (Å²) in [4.78, 5) is 40.2. The average Bonchev–Trinajstić information content (AvgIpc) is 3.29. The molecule has 1 fully saturated rings. The van der Waals surface area contributed by atoms with Gasteiger partial charge in [-0.2, -0.15) is 0 Å². The Hall–Kier alpha value is -4.33. The monoisotopic (exact) mass is 473 g/mol. The molecule has 1 aliphatic heterocycles. The third-order valence-corrected chi connectivity index (χ3v) is 5.90. The number of anilines is 2. The maximum absolute atomic E-state index is 13.1. The van der Waals surface area contributed by atoms with Gasteiger partial charge in [-0.05, 0) is 29.8 Å². The molecule has 0 aliphatic carbocycles. The fourth-order valence-electron chi connectivity index (χ4n) is 4.02. The molecule has 0 aromatic heterocycles. The van der Waals surface area contributed by atoms with Crippen molar-refractivity contribution in [3.05, 3.63) is 83.9 Å². The molecule has 1 aliphatic rings. The van der Waals surface area contributed by atoms with Gasteiger partial charge in [-0.1, -0.05) is 42.5 Å². The van der Waals surface area contributed by atoms with Gasteiger partial charge in [0.05, 0.1) is 37.1 Å². The molecule has 0 spiro atoms. The number of carbonyl (C=O) groups is 3. The lowest BCUT2D eigenvalue weighted by atomic mass is 10.1. The van der Waals surface area contributed by atoms with Gasteiger partial charge in [0.15, 0.2) is 0 Å². The molecule has 3 aromatic carbocycles. The average molecular weight is 474 g/mol. The summed E-state index contributed by atoms with van der Waals surface area (Å²) in [6.07, 6.45) is 0.0589.